The van der Waals surface area contributed by atoms with Gasteiger partial charge in [-0.3, -0.25) is 14.6 Å². The third kappa shape index (κ3) is 4.48. The van der Waals surface area contributed by atoms with Gasteiger partial charge in [0.1, 0.15) is 11.9 Å². The van der Waals surface area contributed by atoms with Crippen molar-refractivity contribution >= 4 is 22.7 Å². The molecule has 8 heteroatoms. The van der Waals surface area contributed by atoms with Gasteiger partial charge in [0.2, 0.25) is 5.91 Å². The van der Waals surface area contributed by atoms with Crippen molar-refractivity contribution in [2.24, 2.45) is 5.41 Å². The van der Waals surface area contributed by atoms with Crippen LogP contribution in [-0.4, -0.2) is 57.9 Å². The van der Waals surface area contributed by atoms with E-state index in [1.165, 1.54) is 0 Å². The van der Waals surface area contributed by atoms with Crippen LogP contribution in [0.3, 0.4) is 0 Å². The molecule has 1 aliphatic heterocycles. The van der Waals surface area contributed by atoms with E-state index in [0.717, 1.165) is 47.5 Å². The van der Waals surface area contributed by atoms with Crippen LogP contribution < -0.4 is 10.6 Å². The van der Waals surface area contributed by atoms with Gasteiger partial charge in [0.15, 0.2) is 5.69 Å². The maximum absolute atomic E-state index is 13.5. The van der Waals surface area contributed by atoms with Crippen LogP contribution in [0, 0.1) is 5.41 Å². The van der Waals surface area contributed by atoms with Crippen LogP contribution in [0.4, 0.5) is 0 Å². The van der Waals surface area contributed by atoms with Gasteiger partial charge in [0, 0.05) is 37.3 Å². The number of aromatic nitrogens is 3. The molecule has 0 spiro atoms. The summed E-state index contributed by atoms with van der Waals surface area (Å²) < 4.78 is 2.15. The van der Waals surface area contributed by atoms with Crippen molar-refractivity contribution in [3.8, 4) is 11.4 Å². The number of carbonyl (C=O) groups excluding carboxylic acids is 2. The third-order valence-electron chi connectivity index (χ3n) is 6.15. The third-order valence-corrected chi connectivity index (χ3v) is 6.15. The second kappa shape index (κ2) is 8.94. The molecule has 3 aromatic rings. The molecule has 1 aromatic carbocycles. The molecule has 8 nitrogen and oxygen atoms in total. The Balaban J connectivity index is 1.83. The Hall–Kier alpha value is -3.26. The minimum absolute atomic E-state index is 0.225. The molecular weight excluding hydrogens is 416 g/mol. The Kier molecular flexibility index (Phi) is 6.21. The van der Waals surface area contributed by atoms with E-state index in [-0.39, 0.29) is 11.8 Å². The number of carbonyl (C=O) groups is 2. The van der Waals surface area contributed by atoms with Gasteiger partial charge in [0.25, 0.3) is 5.91 Å². The lowest BCUT2D eigenvalue weighted by Gasteiger charge is -2.29. The molecule has 1 atom stereocenters. The first kappa shape index (κ1) is 22.9. The summed E-state index contributed by atoms with van der Waals surface area (Å²) in [5.41, 5.74) is 2.53. The van der Waals surface area contributed by atoms with Gasteiger partial charge in [0.05, 0.1) is 11.2 Å². The Bertz CT molecular complexity index is 1190. The van der Waals surface area contributed by atoms with Crippen molar-refractivity contribution in [1.29, 1.82) is 0 Å². The fourth-order valence-electron chi connectivity index (χ4n) is 4.41. The number of benzene rings is 1. The van der Waals surface area contributed by atoms with Gasteiger partial charge in [-0.2, -0.15) is 0 Å². The molecule has 0 saturated heterocycles. The Morgan fingerprint density at radius 2 is 1.88 bits per heavy atom. The van der Waals surface area contributed by atoms with Gasteiger partial charge in [-0.05, 0) is 37.6 Å². The highest BCUT2D eigenvalue weighted by molar-refractivity contribution is 5.99. The van der Waals surface area contributed by atoms with E-state index < -0.39 is 11.5 Å². The number of imidazole rings is 1. The van der Waals surface area contributed by atoms with Crippen molar-refractivity contribution in [1.82, 2.24) is 30.1 Å². The number of hydrogen-bond donors (Lipinski definition) is 2. The van der Waals surface area contributed by atoms with Crippen molar-refractivity contribution in [3.05, 3.63) is 47.9 Å². The number of pyridine rings is 1. The molecule has 1 aliphatic rings. The van der Waals surface area contributed by atoms with E-state index in [2.05, 4.69) is 25.1 Å². The molecule has 0 unspecified atom stereocenters. The predicted octanol–water partition coefficient (Wildman–Crippen LogP) is 2.82. The van der Waals surface area contributed by atoms with Crippen molar-refractivity contribution in [3.63, 3.8) is 0 Å². The van der Waals surface area contributed by atoms with Gasteiger partial charge >= 0.3 is 0 Å². The fraction of sp³-hybridized carbons (Fsp3) is 0.440. The smallest absolute Gasteiger partial charge is 0.272 e. The van der Waals surface area contributed by atoms with Crippen LogP contribution in [0.15, 0.2) is 36.5 Å². The second-order valence-corrected chi connectivity index (χ2v) is 9.74. The van der Waals surface area contributed by atoms with Crippen molar-refractivity contribution < 1.29 is 9.59 Å². The fourth-order valence-corrected chi connectivity index (χ4v) is 4.41. The van der Waals surface area contributed by atoms with Crippen LogP contribution in [0.25, 0.3) is 22.3 Å². The van der Waals surface area contributed by atoms with E-state index in [9.17, 15) is 9.59 Å². The summed E-state index contributed by atoms with van der Waals surface area (Å²) in [6.07, 6.45) is 2.73. The van der Waals surface area contributed by atoms with Crippen LogP contribution in [0.2, 0.25) is 0 Å². The zero-order valence-corrected chi connectivity index (χ0v) is 20.0. The van der Waals surface area contributed by atoms with Crippen LogP contribution in [0.5, 0.6) is 0 Å². The molecule has 33 heavy (non-hydrogen) atoms. The van der Waals surface area contributed by atoms with Crippen LogP contribution >= 0.6 is 0 Å². The molecule has 2 N–H and O–H groups in total. The maximum atomic E-state index is 13.5. The van der Waals surface area contributed by atoms with E-state index >= 15 is 0 Å². The molecule has 0 saturated carbocycles. The highest BCUT2D eigenvalue weighted by Crippen LogP contribution is 2.31. The topological polar surface area (TPSA) is 92.1 Å². The number of likely N-dealkylation sites (N-methyl/N-ethyl adjacent to an activating group) is 1. The quantitative estimate of drug-likeness (QED) is 0.640. The number of fused-ring (bicyclic) bond motifs is 2. The zero-order chi connectivity index (χ0) is 23.8. The van der Waals surface area contributed by atoms with E-state index in [1.54, 1.807) is 13.2 Å². The number of para-hydroxylation sites is 1. The number of nitrogens with one attached hydrogen (secondary N) is 2. The maximum Gasteiger partial charge on any atom is 0.272 e. The molecule has 2 aromatic heterocycles. The molecule has 0 bridgehead atoms. The number of amides is 2. The van der Waals surface area contributed by atoms with Gasteiger partial charge in [-0.15, -0.1) is 0 Å². The van der Waals surface area contributed by atoms with E-state index in [4.69, 9.17) is 4.98 Å². The molecule has 0 aliphatic carbocycles. The monoisotopic (exact) mass is 448 g/mol. The standard InChI is InChI=1S/C25H32N6O2/c1-25(2,3)21(24(33)26-4)29-23(32)20-18-15-30(5)13-8-14-31(18)22(28-20)17-11-6-9-16-10-7-12-27-19(16)17/h6-7,9-12,21H,8,13-15H2,1-5H3,(H,26,33)(H,29,32)/t21-/m1/s1. The first-order chi connectivity index (χ1) is 15.7. The summed E-state index contributed by atoms with van der Waals surface area (Å²) in [6, 6.07) is 9.28. The predicted molar refractivity (Wildman–Crippen MR) is 129 cm³/mol. The lowest BCUT2D eigenvalue weighted by atomic mass is 9.86. The summed E-state index contributed by atoms with van der Waals surface area (Å²) in [5.74, 6) is 0.177. The number of hydrogen-bond acceptors (Lipinski definition) is 5. The highest BCUT2D eigenvalue weighted by atomic mass is 16.2. The average molecular weight is 449 g/mol. The largest absolute Gasteiger partial charge is 0.357 e. The first-order valence-electron chi connectivity index (χ1n) is 11.3. The van der Waals surface area contributed by atoms with Crippen LogP contribution in [-0.2, 0) is 17.9 Å². The van der Waals surface area contributed by atoms with Gasteiger partial charge in [-0.1, -0.05) is 39.0 Å². The lowest BCUT2D eigenvalue weighted by Crippen LogP contribution is -2.53. The summed E-state index contributed by atoms with van der Waals surface area (Å²) in [4.78, 5) is 37.7. The summed E-state index contributed by atoms with van der Waals surface area (Å²) in [5, 5.41) is 6.64. The molecule has 2 amide bonds. The van der Waals surface area contributed by atoms with Gasteiger partial charge < -0.3 is 20.1 Å². The summed E-state index contributed by atoms with van der Waals surface area (Å²) in [6.45, 7) is 8.09. The molecule has 4 rings (SSSR count). The Labute approximate surface area is 194 Å². The normalized spacial score (nSPS) is 15.5. The zero-order valence-electron chi connectivity index (χ0n) is 20.0. The second-order valence-electron chi connectivity index (χ2n) is 9.74. The number of nitrogens with zero attached hydrogens (tertiary/aromatic N) is 4. The first-order valence-corrected chi connectivity index (χ1v) is 11.3. The molecule has 0 radical (unpaired) electrons. The molecule has 0 fully saturated rings. The number of rotatable bonds is 4. The van der Waals surface area contributed by atoms with Crippen molar-refractivity contribution in [2.45, 2.75) is 46.3 Å². The van der Waals surface area contributed by atoms with Crippen molar-refractivity contribution in [2.75, 3.05) is 20.6 Å². The lowest BCUT2D eigenvalue weighted by molar-refractivity contribution is -0.124. The van der Waals surface area contributed by atoms with E-state index in [0.29, 0.717) is 12.2 Å². The van der Waals surface area contributed by atoms with E-state index in [1.807, 2.05) is 58.2 Å². The Morgan fingerprint density at radius 3 is 2.61 bits per heavy atom. The Morgan fingerprint density at radius 1 is 1.12 bits per heavy atom. The van der Waals surface area contributed by atoms with Crippen LogP contribution in [0.1, 0.15) is 43.4 Å². The average Bonchev–Trinajstić information content (AvgIpc) is 3.01. The summed E-state index contributed by atoms with van der Waals surface area (Å²) in [7, 11) is 3.63. The SMILES string of the molecule is CNC(=O)[C@@H](NC(=O)c1nc(-c2cccc3cccnc23)n2c1CN(C)CCC2)C(C)(C)C. The molecule has 3 heterocycles. The highest BCUT2D eigenvalue weighted by Gasteiger charge is 2.34. The molecular formula is C25H32N6O2. The minimum atomic E-state index is -0.682. The van der Waals surface area contributed by atoms with Gasteiger partial charge in [-0.25, -0.2) is 4.98 Å². The minimum Gasteiger partial charge on any atom is -0.357 e. The molecule has 174 valence electrons. The summed E-state index contributed by atoms with van der Waals surface area (Å²) >= 11 is 0.